The topological polar surface area (TPSA) is 102 Å². The standard InChI is InChI=1S/C19H24N2O6S/c1-11-7-12(2)17(13(3)8-11)26-9-16(23)27-14(4)18(24)20-5-6-21-15(22)10-28-19(21)25/h7-8,14H,5-6,9-10H2,1-4H3,(H,20,24)/t14-/m1/s1. The summed E-state index contributed by atoms with van der Waals surface area (Å²) in [4.78, 5) is 48.0. The molecule has 1 aliphatic heterocycles. The number of imide groups is 1. The van der Waals surface area contributed by atoms with Crippen LogP contribution in [0.2, 0.25) is 0 Å². The van der Waals surface area contributed by atoms with Gasteiger partial charge < -0.3 is 14.8 Å². The molecule has 1 N–H and O–H groups in total. The Balaban J connectivity index is 1.75. The van der Waals surface area contributed by atoms with Crippen molar-refractivity contribution in [3.63, 3.8) is 0 Å². The zero-order chi connectivity index (χ0) is 20.8. The third-order valence-electron chi connectivity index (χ3n) is 4.09. The Bertz CT molecular complexity index is 756. The van der Waals surface area contributed by atoms with Crippen LogP contribution in [0, 0.1) is 20.8 Å². The normalized spacial score (nSPS) is 14.8. The van der Waals surface area contributed by atoms with Gasteiger partial charge in [0.25, 0.3) is 11.1 Å². The highest BCUT2D eigenvalue weighted by molar-refractivity contribution is 8.14. The lowest BCUT2D eigenvalue weighted by Crippen LogP contribution is -2.42. The highest BCUT2D eigenvalue weighted by atomic mass is 32.2. The van der Waals surface area contributed by atoms with E-state index in [-0.39, 0.29) is 36.6 Å². The van der Waals surface area contributed by atoms with Gasteiger partial charge in [-0.3, -0.25) is 19.3 Å². The predicted octanol–water partition coefficient (Wildman–Crippen LogP) is 1.73. The van der Waals surface area contributed by atoms with Crippen LogP contribution in [0.5, 0.6) is 5.75 Å². The Morgan fingerprint density at radius 2 is 1.86 bits per heavy atom. The molecular formula is C19H24N2O6S. The van der Waals surface area contributed by atoms with E-state index in [1.165, 1.54) is 6.92 Å². The van der Waals surface area contributed by atoms with E-state index in [1.54, 1.807) is 0 Å². The molecule has 1 atom stereocenters. The largest absolute Gasteiger partial charge is 0.481 e. The van der Waals surface area contributed by atoms with Crippen LogP contribution in [0.3, 0.4) is 0 Å². The zero-order valence-electron chi connectivity index (χ0n) is 16.4. The fourth-order valence-electron chi connectivity index (χ4n) is 2.84. The second kappa shape index (κ2) is 9.59. The number of ether oxygens (including phenoxy) is 2. The van der Waals surface area contributed by atoms with Crippen LogP contribution >= 0.6 is 11.8 Å². The lowest BCUT2D eigenvalue weighted by Gasteiger charge is -2.17. The summed E-state index contributed by atoms with van der Waals surface area (Å²) in [6, 6.07) is 3.91. The molecule has 0 unspecified atom stereocenters. The number of rotatable bonds is 8. The van der Waals surface area contributed by atoms with Gasteiger partial charge in [0.1, 0.15) is 5.75 Å². The predicted molar refractivity (Wildman–Crippen MR) is 104 cm³/mol. The monoisotopic (exact) mass is 408 g/mol. The quantitative estimate of drug-likeness (QED) is 0.654. The van der Waals surface area contributed by atoms with Crippen LogP contribution in [-0.4, -0.2) is 59.5 Å². The van der Waals surface area contributed by atoms with Gasteiger partial charge in [0.05, 0.1) is 5.75 Å². The van der Waals surface area contributed by atoms with E-state index in [2.05, 4.69) is 5.32 Å². The molecule has 0 radical (unpaired) electrons. The molecule has 28 heavy (non-hydrogen) atoms. The molecular weight excluding hydrogens is 384 g/mol. The summed E-state index contributed by atoms with van der Waals surface area (Å²) in [5.74, 6) is -0.702. The van der Waals surface area contributed by atoms with Crippen molar-refractivity contribution >= 4 is 34.8 Å². The number of aryl methyl sites for hydroxylation is 3. The summed E-state index contributed by atoms with van der Waals surface area (Å²) >= 11 is 0.935. The first-order valence-electron chi connectivity index (χ1n) is 8.84. The molecule has 0 bridgehead atoms. The minimum absolute atomic E-state index is 0.0894. The van der Waals surface area contributed by atoms with Gasteiger partial charge >= 0.3 is 5.97 Å². The molecule has 3 amide bonds. The van der Waals surface area contributed by atoms with Gasteiger partial charge in [0.15, 0.2) is 12.7 Å². The van der Waals surface area contributed by atoms with Crippen molar-refractivity contribution < 1.29 is 28.7 Å². The van der Waals surface area contributed by atoms with Gasteiger partial charge in [-0.15, -0.1) is 0 Å². The van der Waals surface area contributed by atoms with Gasteiger partial charge in [-0.05, 0) is 38.8 Å². The molecule has 1 heterocycles. The Kier molecular flexibility index (Phi) is 7.45. The third kappa shape index (κ3) is 5.72. The molecule has 0 spiro atoms. The van der Waals surface area contributed by atoms with Crippen molar-refractivity contribution in [1.29, 1.82) is 0 Å². The van der Waals surface area contributed by atoms with Crippen LogP contribution in [0.4, 0.5) is 4.79 Å². The SMILES string of the molecule is Cc1cc(C)c(OCC(=O)O[C@H](C)C(=O)NCCN2C(=O)CSC2=O)c(C)c1. The van der Waals surface area contributed by atoms with Gasteiger partial charge in [-0.25, -0.2) is 4.79 Å². The number of benzene rings is 1. The molecule has 9 heteroatoms. The highest BCUT2D eigenvalue weighted by Gasteiger charge is 2.29. The molecule has 2 rings (SSSR count). The van der Waals surface area contributed by atoms with Crippen LogP contribution in [0.1, 0.15) is 23.6 Å². The van der Waals surface area contributed by atoms with E-state index in [0.29, 0.717) is 5.75 Å². The summed E-state index contributed by atoms with van der Waals surface area (Å²) in [6.45, 7) is 7.08. The summed E-state index contributed by atoms with van der Waals surface area (Å²) < 4.78 is 10.6. The van der Waals surface area contributed by atoms with E-state index in [4.69, 9.17) is 9.47 Å². The van der Waals surface area contributed by atoms with E-state index in [9.17, 15) is 19.2 Å². The van der Waals surface area contributed by atoms with E-state index in [0.717, 1.165) is 33.4 Å². The minimum atomic E-state index is -1.02. The molecule has 1 aliphatic rings. The Labute approximate surface area is 167 Å². The lowest BCUT2D eigenvalue weighted by atomic mass is 10.1. The van der Waals surface area contributed by atoms with Crippen molar-refractivity contribution in [2.75, 3.05) is 25.4 Å². The number of hydrogen-bond donors (Lipinski definition) is 1. The van der Waals surface area contributed by atoms with Crippen molar-refractivity contribution in [3.8, 4) is 5.75 Å². The maximum atomic E-state index is 12.0. The first-order chi connectivity index (χ1) is 13.2. The van der Waals surface area contributed by atoms with Gasteiger partial charge in [0, 0.05) is 13.1 Å². The Morgan fingerprint density at radius 1 is 1.21 bits per heavy atom. The van der Waals surface area contributed by atoms with Crippen molar-refractivity contribution in [3.05, 3.63) is 28.8 Å². The highest BCUT2D eigenvalue weighted by Crippen LogP contribution is 2.24. The number of nitrogens with one attached hydrogen (secondary N) is 1. The summed E-state index contributed by atoms with van der Waals surface area (Å²) in [6.07, 6.45) is -1.02. The fourth-order valence-corrected chi connectivity index (χ4v) is 3.59. The van der Waals surface area contributed by atoms with Crippen LogP contribution in [0.25, 0.3) is 0 Å². The van der Waals surface area contributed by atoms with Crippen LogP contribution < -0.4 is 10.1 Å². The number of esters is 1. The number of hydrogen-bond acceptors (Lipinski definition) is 7. The van der Waals surface area contributed by atoms with Crippen molar-refractivity contribution in [1.82, 2.24) is 10.2 Å². The molecule has 1 aromatic carbocycles. The number of carbonyl (C=O) groups is 4. The number of thioether (sulfide) groups is 1. The number of nitrogens with zero attached hydrogens (tertiary/aromatic N) is 1. The van der Waals surface area contributed by atoms with Crippen LogP contribution in [-0.2, 0) is 19.1 Å². The molecule has 152 valence electrons. The summed E-state index contributed by atoms with van der Waals surface area (Å²) in [7, 11) is 0. The third-order valence-corrected chi connectivity index (χ3v) is 4.95. The number of carbonyl (C=O) groups excluding carboxylic acids is 4. The first kappa shape index (κ1) is 21.7. The van der Waals surface area contributed by atoms with E-state index in [1.807, 2.05) is 32.9 Å². The van der Waals surface area contributed by atoms with Gasteiger partial charge in [-0.1, -0.05) is 29.5 Å². The average Bonchev–Trinajstić information content (AvgIpc) is 2.92. The van der Waals surface area contributed by atoms with Gasteiger partial charge in [0.2, 0.25) is 5.91 Å². The zero-order valence-corrected chi connectivity index (χ0v) is 17.2. The Morgan fingerprint density at radius 3 is 2.43 bits per heavy atom. The number of amides is 3. The first-order valence-corrected chi connectivity index (χ1v) is 9.82. The molecule has 1 saturated heterocycles. The lowest BCUT2D eigenvalue weighted by molar-refractivity contribution is -0.156. The average molecular weight is 408 g/mol. The molecule has 0 aliphatic carbocycles. The van der Waals surface area contributed by atoms with E-state index >= 15 is 0 Å². The molecule has 1 fully saturated rings. The van der Waals surface area contributed by atoms with Crippen LogP contribution in [0.15, 0.2) is 12.1 Å². The van der Waals surface area contributed by atoms with E-state index < -0.39 is 18.0 Å². The maximum absolute atomic E-state index is 12.0. The summed E-state index contributed by atoms with van der Waals surface area (Å²) in [5.41, 5.74) is 2.94. The van der Waals surface area contributed by atoms with Crippen molar-refractivity contribution in [2.45, 2.75) is 33.8 Å². The molecule has 0 saturated carbocycles. The second-order valence-corrected chi connectivity index (χ2v) is 7.47. The smallest absolute Gasteiger partial charge is 0.344 e. The summed E-state index contributed by atoms with van der Waals surface area (Å²) in [5, 5.41) is 2.22. The molecule has 1 aromatic rings. The minimum Gasteiger partial charge on any atom is -0.481 e. The second-order valence-electron chi connectivity index (χ2n) is 6.54. The van der Waals surface area contributed by atoms with Gasteiger partial charge in [-0.2, -0.15) is 0 Å². The molecule has 0 aromatic heterocycles. The molecule has 8 nitrogen and oxygen atoms in total. The van der Waals surface area contributed by atoms with Crippen molar-refractivity contribution in [2.24, 2.45) is 0 Å². The fraction of sp³-hybridized carbons (Fsp3) is 0.474. The maximum Gasteiger partial charge on any atom is 0.344 e. The Hall–Kier alpha value is -2.55.